The van der Waals surface area contributed by atoms with Crippen LogP contribution in [0.4, 0.5) is 0 Å². The van der Waals surface area contributed by atoms with Gasteiger partial charge >= 0.3 is 0 Å². The zero-order valence-electron chi connectivity index (χ0n) is 8.40. The van der Waals surface area contributed by atoms with Crippen LogP contribution in [0.1, 0.15) is 10.4 Å². The molecule has 1 rings (SSSR count). The Balaban J connectivity index is 2.68. The van der Waals surface area contributed by atoms with Gasteiger partial charge in [0.2, 0.25) is 0 Å². The predicted molar refractivity (Wildman–Crippen MR) is 61.6 cm³/mol. The maximum absolute atomic E-state index is 11.5. The van der Waals surface area contributed by atoms with Gasteiger partial charge in [-0.15, -0.1) is 11.3 Å². The van der Waals surface area contributed by atoms with Crippen molar-refractivity contribution in [1.29, 1.82) is 0 Å². The fourth-order valence-corrected chi connectivity index (χ4v) is 2.88. The van der Waals surface area contributed by atoms with E-state index in [2.05, 4.69) is 5.32 Å². The van der Waals surface area contributed by atoms with Gasteiger partial charge in [-0.3, -0.25) is 4.79 Å². The van der Waals surface area contributed by atoms with Crippen LogP contribution in [-0.4, -0.2) is 34.6 Å². The second-order valence-electron chi connectivity index (χ2n) is 2.84. The number of methoxy groups -OCH3 is 1. The molecule has 0 aliphatic carbocycles. The summed E-state index contributed by atoms with van der Waals surface area (Å²) in [4.78, 5) is 11.5. The molecule has 0 aromatic carbocycles. The third-order valence-corrected chi connectivity index (χ3v) is 4.71. The van der Waals surface area contributed by atoms with Crippen LogP contribution in [-0.2, 0) is 13.8 Å². The summed E-state index contributed by atoms with van der Waals surface area (Å²) in [7, 11) is 2.90. The average Bonchev–Trinajstić information content (AvgIpc) is 2.66. The zero-order valence-corrected chi connectivity index (χ0v) is 10.8. The summed E-state index contributed by atoms with van der Waals surface area (Å²) in [6.45, 7) is 0.769. The lowest BCUT2D eigenvalue weighted by Crippen LogP contribution is -2.26. The lowest BCUT2D eigenvalue weighted by Gasteiger charge is -2.01. The molecule has 0 unspecified atom stereocenters. The first-order chi connectivity index (χ1) is 7.45. The second-order valence-corrected chi connectivity index (χ2v) is 6.54. The fraction of sp³-hybridized carbons (Fsp3) is 0.375. The number of carbonyl (C=O) groups is 1. The standard InChI is InChI=1S/C8H10ClNO4S2/c1-14-3-2-10-8(11)6-4-7(15-5-6)16(9,12)13/h4-5H,2-3H2,1H3,(H,10,11). The van der Waals surface area contributed by atoms with Crippen LogP contribution in [0, 0.1) is 0 Å². The first-order valence-corrected chi connectivity index (χ1v) is 7.44. The van der Waals surface area contributed by atoms with E-state index in [4.69, 9.17) is 15.4 Å². The van der Waals surface area contributed by atoms with Crippen molar-refractivity contribution in [2.75, 3.05) is 20.3 Å². The molecule has 1 heterocycles. The number of halogens is 1. The summed E-state index contributed by atoms with van der Waals surface area (Å²) in [5.74, 6) is -0.347. The Morgan fingerprint density at radius 1 is 1.62 bits per heavy atom. The van der Waals surface area contributed by atoms with Gasteiger partial charge in [0, 0.05) is 29.7 Å². The maximum atomic E-state index is 11.5. The van der Waals surface area contributed by atoms with Crippen molar-refractivity contribution in [3.63, 3.8) is 0 Å². The molecule has 1 N–H and O–H groups in total. The molecule has 0 atom stereocenters. The fourth-order valence-electron chi connectivity index (χ4n) is 0.932. The molecule has 0 fully saturated rings. The van der Waals surface area contributed by atoms with Crippen molar-refractivity contribution in [3.8, 4) is 0 Å². The summed E-state index contributed by atoms with van der Waals surface area (Å²) < 4.78 is 26.6. The van der Waals surface area contributed by atoms with E-state index in [0.29, 0.717) is 13.2 Å². The molecule has 0 aliphatic rings. The molecule has 90 valence electrons. The highest BCUT2D eigenvalue weighted by atomic mass is 35.7. The topological polar surface area (TPSA) is 72.5 Å². The smallest absolute Gasteiger partial charge is 0.270 e. The Morgan fingerprint density at radius 3 is 2.81 bits per heavy atom. The maximum Gasteiger partial charge on any atom is 0.270 e. The summed E-state index contributed by atoms with van der Waals surface area (Å²) in [6.07, 6.45) is 0. The van der Waals surface area contributed by atoms with Crippen LogP contribution in [0.3, 0.4) is 0 Å². The summed E-state index contributed by atoms with van der Waals surface area (Å²) in [6, 6.07) is 1.25. The van der Waals surface area contributed by atoms with E-state index in [-0.39, 0.29) is 15.7 Å². The number of thiophene rings is 1. The summed E-state index contributed by atoms with van der Waals surface area (Å²) >= 11 is 0.912. The molecular weight excluding hydrogens is 274 g/mol. The first-order valence-electron chi connectivity index (χ1n) is 4.25. The van der Waals surface area contributed by atoms with Crippen molar-refractivity contribution in [2.24, 2.45) is 0 Å². The van der Waals surface area contributed by atoms with Crippen LogP contribution < -0.4 is 5.32 Å². The highest BCUT2D eigenvalue weighted by Crippen LogP contribution is 2.23. The van der Waals surface area contributed by atoms with Gasteiger partial charge in [-0.1, -0.05) is 0 Å². The van der Waals surface area contributed by atoms with E-state index < -0.39 is 9.05 Å². The molecule has 0 saturated carbocycles. The molecule has 0 radical (unpaired) electrons. The van der Waals surface area contributed by atoms with Crippen LogP contribution in [0.25, 0.3) is 0 Å². The number of nitrogens with one attached hydrogen (secondary N) is 1. The molecule has 5 nitrogen and oxygen atoms in total. The number of hydrogen-bond donors (Lipinski definition) is 1. The molecule has 0 spiro atoms. The molecule has 0 saturated heterocycles. The number of rotatable bonds is 5. The van der Waals surface area contributed by atoms with E-state index in [1.54, 1.807) is 0 Å². The van der Waals surface area contributed by atoms with Crippen LogP contribution in [0.2, 0.25) is 0 Å². The molecule has 0 bridgehead atoms. The second kappa shape index (κ2) is 5.62. The van der Waals surface area contributed by atoms with Gasteiger partial charge in [0.05, 0.1) is 12.2 Å². The lowest BCUT2D eigenvalue weighted by atomic mass is 10.3. The Kier molecular flexibility index (Phi) is 4.72. The zero-order chi connectivity index (χ0) is 12.2. The lowest BCUT2D eigenvalue weighted by molar-refractivity contribution is 0.0937. The van der Waals surface area contributed by atoms with E-state index in [1.807, 2.05) is 0 Å². The minimum atomic E-state index is -3.75. The van der Waals surface area contributed by atoms with Gasteiger partial charge in [-0.05, 0) is 6.07 Å². The van der Waals surface area contributed by atoms with Gasteiger partial charge in [-0.25, -0.2) is 8.42 Å². The third-order valence-electron chi connectivity index (χ3n) is 1.67. The van der Waals surface area contributed by atoms with Crippen molar-refractivity contribution in [1.82, 2.24) is 5.32 Å². The molecule has 8 heteroatoms. The highest BCUT2D eigenvalue weighted by molar-refractivity contribution is 8.15. The van der Waals surface area contributed by atoms with Gasteiger partial charge in [0.1, 0.15) is 4.21 Å². The van der Waals surface area contributed by atoms with Gasteiger partial charge in [0.25, 0.3) is 15.0 Å². The first kappa shape index (κ1) is 13.4. The number of carbonyl (C=O) groups excluding carboxylic acids is 1. The molecule has 1 aromatic heterocycles. The van der Waals surface area contributed by atoms with Crippen molar-refractivity contribution in [2.45, 2.75) is 4.21 Å². The number of ether oxygens (including phenoxy) is 1. The predicted octanol–water partition coefficient (Wildman–Crippen LogP) is 1.05. The van der Waals surface area contributed by atoms with E-state index >= 15 is 0 Å². The average molecular weight is 284 g/mol. The van der Waals surface area contributed by atoms with Gasteiger partial charge in [0.15, 0.2) is 0 Å². The monoisotopic (exact) mass is 283 g/mol. The highest BCUT2D eigenvalue weighted by Gasteiger charge is 2.16. The van der Waals surface area contributed by atoms with Crippen molar-refractivity contribution in [3.05, 3.63) is 17.0 Å². The molecule has 1 amide bonds. The summed E-state index contributed by atoms with van der Waals surface area (Å²) in [5.41, 5.74) is 0.278. The Morgan fingerprint density at radius 2 is 2.31 bits per heavy atom. The van der Waals surface area contributed by atoms with Crippen LogP contribution in [0.5, 0.6) is 0 Å². The minimum Gasteiger partial charge on any atom is -0.383 e. The van der Waals surface area contributed by atoms with Crippen molar-refractivity contribution >= 4 is 37.0 Å². The Bertz CT molecular complexity index is 468. The SMILES string of the molecule is COCCNC(=O)c1csc(S(=O)(=O)Cl)c1. The van der Waals surface area contributed by atoms with Gasteiger partial charge < -0.3 is 10.1 Å². The minimum absolute atomic E-state index is 0.0361. The van der Waals surface area contributed by atoms with E-state index in [0.717, 1.165) is 11.3 Å². The van der Waals surface area contributed by atoms with Crippen molar-refractivity contribution < 1.29 is 17.9 Å². The largest absolute Gasteiger partial charge is 0.383 e. The normalized spacial score (nSPS) is 11.4. The summed E-state index contributed by atoms with van der Waals surface area (Å²) in [5, 5.41) is 4.01. The van der Waals surface area contributed by atoms with Crippen LogP contribution >= 0.6 is 22.0 Å². The van der Waals surface area contributed by atoms with E-state index in [9.17, 15) is 13.2 Å². The molecule has 1 aromatic rings. The number of amides is 1. The van der Waals surface area contributed by atoms with Crippen LogP contribution in [0.15, 0.2) is 15.7 Å². The Labute approximate surface area is 102 Å². The third kappa shape index (κ3) is 3.75. The Hall–Kier alpha value is -0.630. The molecular formula is C8H10ClNO4S2. The quantitative estimate of drug-likeness (QED) is 0.648. The van der Waals surface area contributed by atoms with E-state index in [1.165, 1.54) is 18.6 Å². The molecule has 16 heavy (non-hydrogen) atoms. The number of hydrogen-bond acceptors (Lipinski definition) is 5. The molecule has 0 aliphatic heterocycles. The van der Waals surface area contributed by atoms with Gasteiger partial charge in [-0.2, -0.15) is 0 Å².